The van der Waals surface area contributed by atoms with Crippen LogP contribution in [-0.2, 0) is 0 Å². The molecule has 0 unspecified atom stereocenters. The van der Waals surface area contributed by atoms with Crippen LogP contribution in [0.25, 0.3) is 0 Å². The van der Waals surface area contributed by atoms with Gasteiger partial charge in [0.2, 0.25) is 0 Å². The number of carbonyl (C=O) groups excluding carboxylic acids is 1. The number of nitrogens with zero attached hydrogens (tertiary/aromatic N) is 1. The molecule has 6 heteroatoms. The van der Waals surface area contributed by atoms with E-state index in [9.17, 15) is 9.59 Å². The minimum absolute atomic E-state index is 0.170. The highest BCUT2D eigenvalue weighted by molar-refractivity contribution is 7.08. The molecular weight excluding hydrogens is 240 g/mol. The topological polar surface area (TPSA) is 79.3 Å². The molecule has 0 bridgehead atoms. The normalized spacial score (nSPS) is 9.88. The Labute approximate surface area is 101 Å². The Hall–Kier alpha value is -2.21. The van der Waals surface area contributed by atoms with Gasteiger partial charge in [0.25, 0.3) is 5.91 Å². The van der Waals surface area contributed by atoms with Gasteiger partial charge in [0, 0.05) is 11.6 Å². The van der Waals surface area contributed by atoms with Crippen molar-refractivity contribution in [2.75, 3.05) is 5.32 Å². The SMILES string of the molecule is O=C(Nc1cccnc1C(=O)O)c1ccsc1. The summed E-state index contributed by atoms with van der Waals surface area (Å²) in [4.78, 5) is 26.3. The molecule has 2 aromatic rings. The van der Waals surface area contributed by atoms with Crippen molar-refractivity contribution in [3.05, 3.63) is 46.4 Å². The van der Waals surface area contributed by atoms with E-state index >= 15 is 0 Å². The molecule has 1 amide bonds. The standard InChI is InChI=1S/C11H8N2O3S/c14-10(7-3-5-17-6-7)13-8-2-1-4-12-9(8)11(15)16/h1-6H,(H,13,14)(H,15,16). The second-order valence-corrected chi connectivity index (χ2v) is 3.95. The van der Waals surface area contributed by atoms with Crippen LogP contribution in [0.4, 0.5) is 5.69 Å². The van der Waals surface area contributed by atoms with Gasteiger partial charge in [0.05, 0.1) is 11.3 Å². The van der Waals surface area contributed by atoms with Crippen LogP contribution >= 0.6 is 11.3 Å². The minimum atomic E-state index is -1.17. The Morgan fingerprint density at radius 2 is 2.18 bits per heavy atom. The number of rotatable bonds is 3. The van der Waals surface area contributed by atoms with E-state index in [4.69, 9.17) is 5.11 Å². The number of carbonyl (C=O) groups is 2. The van der Waals surface area contributed by atoms with Crippen LogP contribution in [0.5, 0.6) is 0 Å². The van der Waals surface area contributed by atoms with Crippen LogP contribution < -0.4 is 5.32 Å². The summed E-state index contributed by atoms with van der Waals surface area (Å²) in [6, 6.07) is 4.73. The lowest BCUT2D eigenvalue weighted by molar-refractivity contribution is 0.0692. The summed E-state index contributed by atoms with van der Waals surface area (Å²) in [6.45, 7) is 0. The number of carboxylic acids is 1. The van der Waals surface area contributed by atoms with E-state index in [-0.39, 0.29) is 17.3 Å². The molecule has 2 aromatic heterocycles. The average Bonchev–Trinajstić information content (AvgIpc) is 2.83. The largest absolute Gasteiger partial charge is 0.476 e. The number of thiophene rings is 1. The van der Waals surface area contributed by atoms with E-state index in [1.165, 1.54) is 23.6 Å². The molecule has 0 atom stereocenters. The smallest absolute Gasteiger partial charge is 0.356 e. The fourth-order valence-electron chi connectivity index (χ4n) is 1.26. The molecule has 0 aliphatic rings. The van der Waals surface area contributed by atoms with Gasteiger partial charge in [-0.1, -0.05) is 0 Å². The maximum atomic E-state index is 11.7. The predicted octanol–water partition coefficient (Wildman–Crippen LogP) is 2.09. The number of pyridine rings is 1. The van der Waals surface area contributed by atoms with Gasteiger partial charge in [-0.05, 0) is 23.6 Å². The number of nitrogens with one attached hydrogen (secondary N) is 1. The first-order valence-electron chi connectivity index (χ1n) is 4.70. The maximum absolute atomic E-state index is 11.7. The van der Waals surface area contributed by atoms with Crippen LogP contribution in [-0.4, -0.2) is 22.0 Å². The highest BCUT2D eigenvalue weighted by Crippen LogP contribution is 2.14. The van der Waals surface area contributed by atoms with E-state index < -0.39 is 5.97 Å². The molecule has 0 aliphatic carbocycles. The fraction of sp³-hybridized carbons (Fsp3) is 0. The molecule has 86 valence electrons. The summed E-state index contributed by atoms with van der Waals surface area (Å²) in [7, 11) is 0. The summed E-state index contributed by atoms with van der Waals surface area (Å²) in [5.41, 5.74) is 0.516. The first kappa shape index (κ1) is 11.3. The Morgan fingerprint density at radius 1 is 1.35 bits per heavy atom. The van der Waals surface area contributed by atoms with Crippen LogP contribution in [0.15, 0.2) is 35.2 Å². The van der Waals surface area contributed by atoms with Crippen molar-refractivity contribution >= 4 is 28.9 Å². The van der Waals surface area contributed by atoms with Gasteiger partial charge in [0.1, 0.15) is 0 Å². The zero-order valence-corrected chi connectivity index (χ0v) is 9.40. The lowest BCUT2D eigenvalue weighted by Crippen LogP contribution is -2.14. The van der Waals surface area contributed by atoms with Crippen LogP contribution in [0, 0.1) is 0 Å². The summed E-state index contributed by atoms with van der Waals surface area (Å²) >= 11 is 1.40. The van der Waals surface area contributed by atoms with Crippen molar-refractivity contribution in [3.63, 3.8) is 0 Å². The predicted molar refractivity (Wildman–Crippen MR) is 63.5 cm³/mol. The molecule has 2 N–H and O–H groups in total. The van der Waals surface area contributed by atoms with Gasteiger partial charge >= 0.3 is 5.97 Å². The van der Waals surface area contributed by atoms with E-state index in [1.54, 1.807) is 22.9 Å². The van der Waals surface area contributed by atoms with Crippen LogP contribution in [0.3, 0.4) is 0 Å². The molecule has 2 rings (SSSR count). The zero-order valence-electron chi connectivity index (χ0n) is 8.58. The van der Waals surface area contributed by atoms with Crippen molar-refractivity contribution in [2.24, 2.45) is 0 Å². The van der Waals surface area contributed by atoms with Gasteiger partial charge in [-0.3, -0.25) is 4.79 Å². The second-order valence-electron chi connectivity index (χ2n) is 3.17. The second kappa shape index (κ2) is 4.75. The molecule has 0 fully saturated rings. The van der Waals surface area contributed by atoms with Gasteiger partial charge in [0.15, 0.2) is 5.69 Å². The Kier molecular flexibility index (Phi) is 3.15. The minimum Gasteiger partial charge on any atom is -0.476 e. The average molecular weight is 248 g/mol. The molecule has 0 radical (unpaired) electrons. The van der Waals surface area contributed by atoms with Crippen molar-refractivity contribution in [1.29, 1.82) is 0 Å². The third kappa shape index (κ3) is 2.48. The summed E-state index contributed by atoms with van der Waals surface area (Å²) in [5.74, 6) is -1.52. The monoisotopic (exact) mass is 248 g/mol. The van der Waals surface area contributed by atoms with Gasteiger partial charge in [-0.2, -0.15) is 11.3 Å². The Morgan fingerprint density at radius 3 is 2.82 bits per heavy atom. The highest BCUT2D eigenvalue weighted by atomic mass is 32.1. The molecule has 0 saturated carbocycles. The molecule has 0 saturated heterocycles. The first-order chi connectivity index (χ1) is 8.18. The number of aromatic nitrogens is 1. The Bertz CT molecular complexity index is 552. The number of amides is 1. The number of hydrogen-bond donors (Lipinski definition) is 2. The Balaban J connectivity index is 2.25. The van der Waals surface area contributed by atoms with Crippen LogP contribution in [0.2, 0.25) is 0 Å². The lowest BCUT2D eigenvalue weighted by atomic mass is 10.2. The molecule has 0 aliphatic heterocycles. The van der Waals surface area contributed by atoms with Crippen LogP contribution in [0.1, 0.15) is 20.8 Å². The molecule has 0 spiro atoms. The third-order valence-corrected chi connectivity index (χ3v) is 2.73. The van der Waals surface area contributed by atoms with E-state index in [1.807, 2.05) is 0 Å². The number of anilines is 1. The number of hydrogen-bond acceptors (Lipinski definition) is 4. The molecular formula is C11H8N2O3S. The summed E-state index contributed by atoms with van der Waals surface area (Å²) in [6.07, 6.45) is 1.36. The number of carboxylic acid groups (broad SMARTS) is 1. The van der Waals surface area contributed by atoms with Gasteiger partial charge in [-0.25, -0.2) is 9.78 Å². The molecule has 0 aromatic carbocycles. The van der Waals surface area contributed by atoms with Gasteiger partial charge < -0.3 is 10.4 Å². The zero-order chi connectivity index (χ0) is 12.3. The van der Waals surface area contributed by atoms with E-state index in [0.717, 1.165) is 0 Å². The fourth-order valence-corrected chi connectivity index (χ4v) is 1.90. The van der Waals surface area contributed by atoms with Crippen molar-refractivity contribution in [3.8, 4) is 0 Å². The lowest BCUT2D eigenvalue weighted by Gasteiger charge is -2.05. The van der Waals surface area contributed by atoms with Crippen molar-refractivity contribution in [1.82, 2.24) is 4.98 Å². The quantitative estimate of drug-likeness (QED) is 0.871. The molecule has 2 heterocycles. The van der Waals surface area contributed by atoms with Gasteiger partial charge in [-0.15, -0.1) is 0 Å². The first-order valence-corrected chi connectivity index (χ1v) is 5.64. The molecule has 17 heavy (non-hydrogen) atoms. The highest BCUT2D eigenvalue weighted by Gasteiger charge is 2.14. The van der Waals surface area contributed by atoms with E-state index in [0.29, 0.717) is 5.56 Å². The van der Waals surface area contributed by atoms with Crippen molar-refractivity contribution < 1.29 is 14.7 Å². The maximum Gasteiger partial charge on any atom is 0.356 e. The summed E-state index contributed by atoms with van der Waals surface area (Å²) < 4.78 is 0. The third-order valence-electron chi connectivity index (χ3n) is 2.04. The summed E-state index contributed by atoms with van der Waals surface area (Å²) in [5, 5.41) is 14.9. The number of aromatic carboxylic acids is 1. The van der Waals surface area contributed by atoms with E-state index in [2.05, 4.69) is 10.3 Å². The molecule has 5 nitrogen and oxygen atoms in total. The van der Waals surface area contributed by atoms with Crippen molar-refractivity contribution in [2.45, 2.75) is 0 Å².